The van der Waals surface area contributed by atoms with E-state index in [0.29, 0.717) is 12.1 Å². The maximum Gasteiger partial charge on any atom is 0.326 e. The van der Waals surface area contributed by atoms with E-state index in [1.807, 2.05) is 29.2 Å². The van der Waals surface area contributed by atoms with E-state index in [1.165, 1.54) is 11.0 Å². The molecule has 2 unspecified atom stereocenters. The van der Waals surface area contributed by atoms with E-state index < -0.39 is 0 Å². The van der Waals surface area contributed by atoms with Crippen LogP contribution in [-0.2, 0) is 11.3 Å². The SMILES string of the molecule is Cl.O=C(Cn1c(=O)[nH]c2ccccc21)N1CCC2CCC(C1)N2. The van der Waals surface area contributed by atoms with Crippen molar-refractivity contribution in [3.8, 4) is 0 Å². The molecule has 2 saturated heterocycles. The number of imidazole rings is 1. The summed E-state index contributed by atoms with van der Waals surface area (Å²) >= 11 is 0. The van der Waals surface area contributed by atoms with Gasteiger partial charge in [0.25, 0.3) is 0 Å². The molecule has 0 radical (unpaired) electrons. The molecule has 2 aliphatic rings. The van der Waals surface area contributed by atoms with Crippen molar-refractivity contribution < 1.29 is 4.79 Å². The number of hydrogen-bond acceptors (Lipinski definition) is 3. The Morgan fingerprint density at radius 1 is 1.17 bits per heavy atom. The lowest BCUT2D eigenvalue weighted by Crippen LogP contribution is -2.41. The second kappa shape index (κ2) is 6.37. The Kier molecular flexibility index (Phi) is 4.46. The number of H-pyrrole nitrogens is 1. The van der Waals surface area contributed by atoms with Crippen LogP contribution in [0.3, 0.4) is 0 Å². The molecule has 2 N–H and O–H groups in total. The number of carbonyl (C=O) groups is 1. The summed E-state index contributed by atoms with van der Waals surface area (Å²) in [5.74, 6) is 0.0289. The standard InChI is InChI=1S/C16H20N4O2.ClH/c21-15(19-8-7-11-5-6-12(9-19)17-11)10-20-14-4-2-1-3-13(14)18-16(20)22;/h1-4,11-12,17H,5-10H2,(H,18,22);1H. The lowest BCUT2D eigenvalue weighted by molar-refractivity contribution is -0.132. The van der Waals surface area contributed by atoms with Gasteiger partial charge in [0, 0.05) is 25.2 Å². The average molecular weight is 337 g/mol. The van der Waals surface area contributed by atoms with Crippen molar-refractivity contribution in [1.82, 2.24) is 19.8 Å². The first kappa shape index (κ1) is 16.1. The number of carbonyl (C=O) groups excluding carboxylic acids is 1. The highest BCUT2D eigenvalue weighted by Gasteiger charge is 2.31. The minimum absolute atomic E-state index is 0. The Bertz CT molecular complexity index is 769. The lowest BCUT2D eigenvalue weighted by Gasteiger charge is -2.24. The molecule has 1 aromatic carbocycles. The number of rotatable bonds is 2. The van der Waals surface area contributed by atoms with Crippen molar-refractivity contribution >= 4 is 29.3 Å². The number of nitrogens with zero attached hydrogens (tertiary/aromatic N) is 2. The number of para-hydroxylation sites is 2. The number of aromatic amines is 1. The monoisotopic (exact) mass is 336 g/mol. The molecule has 2 aliphatic heterocycles. The largest absolute Gasteiger partial charge is 0.340 e. The number of amides is 1. The number of fused-ring (bicyclic) bond motifs is 3. The van der Waals surface area contributed by atoms with Gasteiger partial charge in [0.15, 0.2) is 0 Å². The number of aromatic nitrogens is 2. The van der Waals surface area contributed by atoms with Crippen LogP contribution in [0, 0.1) is 0 Å². The van der Waals surface area contributed by atoms with Gasteiger partial charge in [-0.25, -0.2) is 4.79 Å². The molecule has 0 aliphatic carbocycles. The molecule has 2 fully saturated rings. The van der Waals surface area contributed by atoms with E-state index in [9.17, 15) is 9.59 Å². The molecular weight excluding hydrogens is 316 g/mol. The predicted molar refractivity (Wildman–Crippen MR) is 90.9 cm³/mol. The van der Waals surface area contributed by atoms with Gasteiger partial charge in [-0.1, -0.05) is 12.1 Å². The van der Waals surface area contributed by atoms with Gasteiger partial charge in [0.1, 0.15) is 6.54 Å². The predicted octanol–water partition coefficient (Wildman–Crippen LogP) is 1.10. The Labute approximate surface area is 140 Å². The second-order valence-corrected chi connectivity index (χ2v) is 6.30. The highest BCUT2D eigenvalue weighted by atomic mass is 35.5. The lowest BCUT2D eigenvalue weighted by atomic mass is 10.1. The molecule has 2 bridgehead atoms. The molecule has 0 spiro atoms. The highest BCUT2D eigenvalue weighted by molar-refractivity contribution is 5.85. The normalized spacial score (nSPS) is 23.6. The molecule has 23 heavy (non-hydrogen) atoms. The first-order valence-corrected chi connectivity index (χ1v) is 7.92. The molecular formula is C16H21ClN4O2. The fourth-order valence-electron chi connectivity index (χ4n) is 3.67. The molecule has 3 heterocycles. The van der Waals surface area contributed by atoms with Crippen LogP contribution < -0.4 is 11.0 Å². The Balaban J connectivity index is 0.00000156. The van der Waals surface area contributed by atoms with Crippen LogP contribution in [0.15, 0.2) is 29.1 Å². The van der Waals surface area contributed by atoms with Gasteiger partial charge in [-0.05, 0) is 31.4 Å². The van der Waals surface area contributed by atoms with Crippen molar-refractivity contribution in [3.63, 3.8) is 0 Å². The summed E-state index contributed by atoms with van der Waals surface area (Å²) in [6, 6.07) is 8.45. The molecule has 1 amide bonds. The van der Waals surface area contributed by atoms with Crippen LogP contribution in [0.2, 0.25) is 0 Å². The van der Waals surface area contributed by atoms with Crippen LogP contribution in [0.1, 0.15) is 19.3 Å². The maximum atomic E-state index is 12.6. The zero-order valence-corrected chi connectivity index (χ0v) is 13.6. The molecule has 2 aromatic rings. The number of nitrogens with one attached hydrogen (secondary N) is 2. The summed E-state index contributed by atoms with van der Waals surface area (Å²) in [7, 11) is 0. The first-order chi connectivity index (χ1) is 10.7. The van der Waals surface area contributed by atoms with Gasteiger partial charge < -0.3 is 15.2 Å². The van der Waals surface area contributed by atoms with Crippen LogP contribution in [0.4, 0.5) is 0 Å². The number of likely N-dealkylation sites (tertiary alicyclic amines) is 1. The summed E-state index contributed by atoms with van der Waals surface area (Å²) in [5, 5.41) is 3.57. The Hall–Kier alpha value is -1.79. The van der Waals surface area contributed by atoms with Crippen molar-refractivity contribution in [2.75, 3.05) is 13.1 Å². The van der Waals surface area contributed by atoms with Crippen LogP contribution >= 0.6 is 12.4 Å². The van der Waals surface area contributed by atoms with E-state index in [-0.39, 0.29) is 30.5 Å². The molecule has 0 saturated carbocycles. The van der Waals surface area contributed by atoms with Crippen LogP contribution in [0.25, 0.3) is 11.0 Å². The third kappa shape index (κ3) is 3.01. The smallest absolute Gasteiger partial charge is 0.326 e. The van der Waals surface area contributed by atoms with Crippen molar-refractivity contribution in [2.24, 2.45) is 0 Å². The van der Waals surface area contributed by atoms with Gasteiger partial charge in [-0.3, -0.25) is 9.36 Å². The summed E-state index contributed by atoms with van der Waals surface area (Å²) < 4.78 is 1.54. The number of halogens is 1. The van der Waals surface area contributed by atoms with Crippen molar-refractivity contribution in [3.05, 3.63) is 34.7 Å². The van der Waals surface area contributed by atoms with Gasteiger partial charge in [0.2, 0.25) is 5.91 Å². The van der Waals surface area contributed by atoms with Gasteiger partial charge in [-0.15, -0.1) is 12.4 Å². The van der Waals surface area contributed by atoms with E-state index in [1.54, 1.807) is 0 Å². The van der Waals surface area contributed by atoms with Crippen LogP contribution in [-0.4, -0.2) is 45.5 Å². The molecule has 6 nitrogen and oxygen atoms in total. The highest BCUT2D eigenvalue weighted by Crippen LogP contribution is 2.20. The second-order valence-electron chi connectivity index (χ2n) is 6.30. The van der Waals surface area contributed by atoms with Crippen molar-refractivity contribution in [2.45, 2.75) is 37.9 Å². The first-order valence-electron chi connectivity index (χ1n) is 7.92. The fraction of sp³-hybridized carbons (Fsp3) is 0.500. The topological polar surface area (TPSA) is 70.1 Å². The molecule has 1 aromatic heterocycles. The third-order valence-electron chi connectivity index (χ3n) is 4.85. The fourth-order valence-corrected chi connectivity index (χ4v) is 3.67. The molecule has 124 valence electrons. The maximum absolute atomic E-state index is 12.6. The number of hydrogen-bond donors (Lipinski definition) is 2. The van der Waals surface area contributed by atoms with Gasteiger partial charge in [0.05, 0.1) is 11.0 Å². The zero-order chi connectivity index (χ0) is 15.1. The third-order valence-corrected chi connectivity index (χ3v) is 4.85. The summed E-state index contributed by atoms with van der Waals surface area (Å²) in [5.41, 5.74) is 1.34. The van der Waals surface area contributed by atoms with Crippen LogP contribution in [0.5, 0.6) is 0 Å². The minimum atomic E-state index is -0.219. The minimum Gasteiger partial charge on any atom is -0.340 e. The van der Waals surface area contributed by atoms with E-state index in [4.69, 9.17) is 0 Å². The van der Waals surface area contributed by atoms with E-state index in [2.05, 4.69) is 10.3 Å². The molecule has 4 rings (SSSR count). The summed E-state index contributed by atoms with van der Waals surface area (Å²) in [6.45, 7) is 1.65. The van der Waals surface area contributed by atoms with E-state index in [0.717, 1.165) is 37.0 Å². The zero-order valence-electron chi connectivity index (χ0n) is 12.8. The molecule has 2 atom stereocenters. The van der Waals surface area contributed by atoms with E-state index >= 15 is 0 Å². The summed E-state index contributed by atoms with van der Waals surface area (Å²) in [4.78, 5) is 29.4. The van der Waals surface area contributed by atoms with Crippen molar-refractivity contribution in [1.29, 1.82) is 0 Å². The molecule has 7 heteroatoms. The average Bonchev–Trinajstić information content (AvgIpc) is 2.99. The number of benzene rings is 1. The Morgan fingerprint density at radius 2 is 1.96 bits per heavy atom. The van der Waals surface area contributed by atoms with Gasteiger partial charge >= 0.3 is 5.69 Å². The quantitative estimate of drug-likeness (QED) is 0.863. The summed E-state index contributed by atoms with van der Waals surface area (Å²) in [6.07, 6.45) is 3.36. The van der Waals surface area contributed by atoms with Gasteiger partial charge in [-0.2, -0.15) is 0 Å². The Morgan fingerprint density at radius 3 is 2.83 bits per heavy atom.